The molecule has 0 bridgehead atoms. The first-order valence-corrected chi connectivity index (χ1v) is 7.88. The lowest BCUT2D eigenvalue weighted by Crippen LogP contribution is -2.32. The molecule has 0 saturated heterocycles. The molecule has 1 unspecified atom stereocenters. The molecule has 0 aromatic heterocycles. The number of carbonyl (C=O) groups excluding carboxylic acids is 1. The van der Waals surface area contributed by atoms with E-state index in [-0.39, 0.29) is 11.9 Å². The molecule has 0 saturated carbocycles. The van der Waals surface area contributed by atoms with E-state index >= 15 is 0 Å². The molecule has 18 heavy (non-hydrogen) atoms. The van der Waals surface area contributed by atoms with Gasteiger partial charge in [-0.15, -0.1) is 0 Å². The third kappa shape index (κ3) is 5.53. The number of halogens is 2. The minimum absolute atomic E-state index is 0.0130. The Morgan fingerprint density at radius 3 is 2.39 bits per heavy atom. The predicted molar refractivity (Wildman–Crippen MR) is 82.9 cm³/mol. The molecule has 0 fully saturated rings. The average Bonchev–Trinajstić information content (AvgIpc) is 2.28. The molecule has 0 radical (unpaired) electrons. The first-order valence-electron chi connectivity index (χ1n) is 6.30. The first kappa shape index (κ1) is 15.7. The molecule has 0 aliphatic rings. The van der Waals surface area contributed by atoms with Gasteiger partial charge in [0.2, 0.25) is 0 Å². The van der Waals surface area contributed by atoms with E-state index in [0.717, 1.165) is 15.4 Å². The van der Waals surface area contributed by atoms with Gasteiger partial charge in [0.1, 0.15) is 0 Å². The maximum atomic E-state index is 12.0. The highest BCUT2D eigenvalue weighted by Gasteiger charge is 2.10. The van der Waals surface area contributed by atoms with Gasteiger partial charge in [-0.1, -0.05) is 58.0 Å². The van der Waals surface area contributed by atoms with Crippen molar-refractivity contribution < 1.29 is 4.79 Å². The Bertz CT molecular complexity index is 387. The van der Waals surface area contributed by atoms with Crippen LogP contribution in [-0.4, -0.2) is 11.9 Å². The zero-order valence-electron chi connectivity index (χ0n) is 10.8. The summed E-state index contributed by atoms with van der Waals surface area (Å²) >= 11 is 6.78. The Labute approximate surface area is 126 Å². The Morgan fingerprint density at radius 2 is 1.83 bits per heavy atom. The van der Waals surface area contributed by atoms with Gasteiger partial charge < -0.3 is 5.32 Å². The summed E-state index contributed by atoms with van der Waals surface area (Å²) < 4.78 is 1.81. The topological polar surface area (TPSA) is 29.1 Å². The van der Waals surface area contributed by atoms with Crippen LogP contribution < -0.4 is 5.32 Å². The van der Waals surface area contributed by atoms with Crippen molar-refractivity contribution in [1.29, 1.82) is 0 Å². The van der Waals surface area contributed by atoms with Crippen LogP contribution in [0.3, 0.4) is 0 Å². The molecule has 1 N–H and O–H groups in total. The minimum Gasteiger partial charge on any atom is -0.350 e. The highest BCUT2D eigenvalue weighted by atomic mass is 79.9. The molecular formula is C14H19Br2NO. The van der Waals surface area contributed by atoms with Crippen molar-refractivity contribution in [3.8, 4) is 0 Å². The fourth-order valence-corrected chi connectivity index (χ4v) is 3.06. The van der Waals surface area contributed by atoms with Gasteiger partial charge in [-0.3, -0.25) is 4.79 Å². The monoisotopic (exact) mass is 375 g/mol. The van der Waals surface area contributed by atoms with Gasteiger partial charge in [0.05, 0.1) is 0 Å². The van der Waals surface area contributed by atoms with Crippen LogP contribution >= 0.6 is 31.9 Å². The number of hydrogen-bond acceptors (Lipinski definition) is 1. The summed E-state index contributed by atoms with van der Waals surface area (Å²) in [6.07, 6.45) is 4.64. The van der Waals surface area contributed by atoms with Crippen LogP contribution in [-0.2, 0) is 0 Å². The first-order chi connectivity index (χ1) is 8.52. The summed E-state index contributed by atoms with van der Waals surface area (Å²) in [6, 6.07) is 5.81. The molecule has 100 valence electrons. The second-order valence-electron chi connectivity index (χ2n) is 4.53. The fourth-order valence-electron chi connectivity index (χ4n) is 1.76. The highest BCUT2D eigenvalue weighted by Crippen LogP contribution is 2.20. The predicted octanol–water partition coefficient (Wildman–Crippen LogP) is 4.91. The molecule has 1 rings (SSSR count). The average molecular weight is 377 g/mol. The largest absolute Gasteiger partial charge is 0.350 e. The summed E-state index contributed by atoms with van der Waals surface area (Å²) in [4.78, 5) is 12.0. The van der Waals surface area contributed by atoms with Crippen LogP contribution in [0.5, 0.6) is 0 Å². The van der Waals surface area contributed by atoms with E-state index in [1.165, 1.54) is 19.3 Å². The number of unbranched alkanes of at least 4 members (excludes halogenated alkanes) is 2. The Hall–Kier alpha value is -0.350. The van der Waals surface area contributed by atoms with E-state index in [4.69, 9.17) is 0 Å². The highest BCUT2D eigenvalue weighted by molar-refractivity contribution is 9.11. The van der Waals surface area contributed by atoms with Crippen LogP contribution in [0.15, 0.2) is 27.1 Å². The molecule has 4 heteroatoms. The quantitative estimate of drug-likeness (QED) is 0.702. The molecule has 1 amide bonds. The van der Waals surface area contributed by atoms with Crippen molar-refractivity contribution in [3.63, 3.8) is 0 Å². The fraction of sp³-hybridized carbons (Fsp3) is 0.500. The minimum atomic E-state index is -0.0130. The zero-order valence-corrected chi connectivity index (χ0v) is 14.0. The molecule has 0 spiro atoms. The van der Waals surface area contributed by atoms with Crippen molar-refractivity contribution >= 4 is 37.8 Å². The molecule has 1 atom stereocenters. The van der Waals surface area contributed by atoms with Gasteiger partial charge in [-0.25, -0.2) is 0 Å². The van der Waals surface area contributed by atoms with Crippen molar-refractivity contribution in [2.45, 2.75) is 45.6 Å². The molecule has 0 aliphatic heterocycles. The van der Waals surface area contributed by atoms with E-state index in [9.17, 15) is 4.79 Å². The molecule has 2 nitrogen and oxygen atoms in total. The summed E-state index contributed by atoms with van der Waals surface area (Å²) in [7, 11) is 0. The molecular weight excluding hydrogens is 358 g/mol. The lowest BCUT2D eigenvalue weighted by atomic mass is 10.1. The maximum Gasteiger partial charge on any atom is 0.251 e. The SMILES string of the molecule is CCCCCC(C)NC(=O)c1cc(Br)cc(Br)c1. The molecule has 0 aliphatic carbocycles. The Morgan fingerprint density at radius 1 is 1.22 bits per heavy atom. The molecule has 1 aromatic carbocycles. The van der Waals surface area contributed by atoms with Crippen molar-refractivity contribution in [3.05, 3.63) is 32.7 Å². The number of nitrogens with one attached hydrogen (secondary N) is 1. The van der Waals surface area contributed by atoms with Crippen LogP contribution in [0.2, 0.25) is 0 Å². The Kier molecular flexibility index (Phi) is 6.94. The van der Waals surface area contributed by atoms with Crippen LogP contribution in [0.4, 0.5) is 0 Å². The van der Waals surface area contributed by atoms with Crippen LogP contribution in [0, 0.1) is 0 Å². The Balaban J connectivity index is 2.54. The third-order valence-corrected chi connectivity index (χ3v) is 3.66. The number of rotatable bonds is 6. The second kappa shape index (κ2) is 7.95. The van der Waals surface area contributed by atoms with Crippen molar-refractivity contribution in [1.82, 2.24) is 5.32 Å². The van der Waals surface area contributed by atoms with Gasteiger partial charge in [0.15, 0.2) is 0 Å². The third-order valence-electron chi connectivity index (χ3n) is 2.74. The summed E-state index contributed by atoms with van der Waals surface area (Å²) in [6.45, 7) is 4.24. The van der Waals surface area contributed by atoms with Gasteiger partial charge >= 0.3 is 0 Å². The lowest BCUT2D eigenvalue weighted by Gasteiger charge is -2.14. The van der Waals surface area contributed by atoms with E-state index in [0.29, 0.717) is 5.56 Å². The normalized spacial score (nSPS) is 12.2. The molecule has 1 aromatic rings. The summed E-state index contributed by atoms with van der Waals surface area (Å²) in [5, 5.41) is 3.03. The van der Waals surface area contributed by atoms with Gasteiger partial charge in [0, 0.05) is 20.6 Å². The number of benzene rings is 1. The van der Waals surface area contributed by atoms with Crippen molar-refractivity contribution in [2.75, 3.05) is 0 Å². The van der Waals surface area contributed by atoms with E-state index < -0.39 is 0 Å². The summed E-state index contributed by atoms with van der Waals surface area (Å²) in [5.41, 5.74) is 0.679. The zero-order chi connectivity index (χ0) is 13.5. The van der Waals surface area contributed by atoms with Gasteiger partial charge in [-0.2, -0.15) is 0 Å². The number of hydrogen-bond donors (Lipinski definition) is 1. The standard InChI is InChI=1S/C14H19Br2NO/c1-3-4-5-6-10(2)17-14(18)11-7-12(15)9-13(16)8-11/h7-10H,3-6H2,1-2H3,(H,17,18). The summed E-state index contributed by atoms with van der Waals surface area (Å²) in [5.74, 6) is -0.0130. The second-order valence-corrected chi connectivity index (χ2v) is 6.36. The van der Waals surface area contributed by atoms with Crippen LogP contribution in [0.25, 0.3) is 0 Å². The van der Waals surface area contributed by atoms with Gasteiger partial charge in [-0.05, 0) is 31.5 Å². The van der Waals surface area contributed by atoms with E-state index in [2.05, 4.69) is 51.0 Å². The maximum absolute atomic E-state index is 12.0. The smallest absolute Gasteiger partial charge is 0.251 e. The van der Waals surface area contributed by atoms with Gasteiger partial charge in [0.25, 0.3) is 5.91 Å². The lowest BCUT2D eigenvalue weighted by molar-refractivity contribution is 0.0938. The van der Waals surface area contributed by atoms with Crippen LogP contribution in [0.1, 0.15) is 49.9 Å². The van der Waals surface area contributed by atoms with E-state index in [1.54, 1.807) is 0 Å². The number of amides is 1. The van der Waals surface area contributed by atoms with E-state index in [1.807, 2.05) is 18.2 Å². The molecule has 0 heterocycles. The number of carbonyl (C=O) groups is 1. The van der Waals surface area contributed by atoms with Crippen molar-refractivity contribution in [2.24, 2.45) is 0 Å².